The summed E-state index contributed by atoms with van der Waals surface area (Å²) < 4.78 is 10.3. The molecular formula is C16H23NO4. The topological polar surface area (TPSA) is 64.6 Å². The molecule has 1 N–H and O–H groups in total. The molecule has 1 aromatic carbocycles. The van der Waals surface area contributed by atoms with Gasteiger partial charge in [0.15, 0.2) is 0 Å². The molecule has 0 radical (unpaired) electrons. The highest BCUT2D eigenvalue weighted by molar-refractivity contribution is 5.97. The molecule has 1 amide bonds. The maximum Gasteiger partial charge on any atom is 0.338 e. The highest BCUT2D eigenvalue weighted by Crippen LogP contribution is 2.18. The van der Waals surface area contributed by atoms with Crippen LogP contribution in [0.5, 0.6) is 0 Å². The van der Waals surface area contributed by atoms with E-state index < -0.39 is 5.60 Å². The van der Waals surface area contributed by atoms with Crippen LogP contribution >= 0.6 is 0 Å². The quantitative estimate of drug-likeness (QED) is 0.785. The SMILES string of the molecule is CCCOC(=O)c1ccc(NC(=O)C(C)(CC)OC)cc1. The first-order valence-electron chi connectivity index (χ1n) is 7.10. The number of carbonyl (C=O) groups excluding carboxylic acids is 2. The van der Waals surface area contributed by atoms with E-state index in [0.29, 0.717) is 24.3 Å². The van der Waals surface area contributed by atoms with E-state index in [1.165, 1.54) is 7.11 Å². The van der Waals surface area contributed by atoms with E-state index in [0.717, 1.165) is 6.42 Å². The van der Waals surface area contributed by atoms with Crippen LogP contribution in [0.2, 0.25) is 0 Å². The van der Waals surface area contributed by atoms with E-state index in [9.17, 15) is 9.59 Å². The fourth-order valence-electron chi connectivity index (χ4n) is 1.63. The Morgan fingerprint density at radius 2 is 1.81 bits per heavy atom. The summed E-state index contributed by atoms with van der Waals surface area (Å²) in [6.07, 6.45) is 1.35. The lowest BCUT2D eigenvalue weighted by molar-refractivity contribution is -0.136. The maximum atomic E-state index is 12.1. The first-order valence-corrected chi connectivity index (χ1v) is 7.10. The molecule has 0 aromatic heterocycles. The van der Waals surface area contributed by atoms with Gasteiger partial charge >= 0.3 is 5.97 Å². The van der Waals surface area contributed by atoms with Gasteiger partial charge in [0.25, 0.3) is 5.91 Å². The molecule has 0 aliphatic carbocycles. The molecule has 5 nitrogen and oxygen atoms in total. The molecule has 0 aliphatic rings. The molecule has 21 heavy (non-hydrogen) atoms. The normalized spacial score (nSPS) is 13.3. The molecule has 0 saturated carbocycles. The fraction of sp³-hybridized carbons (Fsp3) is 0.500. The summed E-state index contributed by atoms with van der Waals surface area (Å²) in [4.78, 5) is 23.8. The minimum absolute atomic E-state index is 0.214. The summed E-state index contributed by atoms with van der Waals surface area (Å²) in [6, 6.07) is 6.60. The zero-order chi connectivity index (χ0) is 15.9. The highest BCUT2D eigenvalue weighted by Gasteiger charge is 2.30. The van der Waals surface area contributed by atoms with Gasteiger partial charge < -0.3 is 14.8 Å². The second kappa shape index (κ2) is 7.78. The number of hydrogen-bond donors (Lipinski definition) is 1. The molecule has 5 heteroatoms. The molecular weight excluding hydrogens is 270 g/mol. The van der Waals surface area contributed by atoms with Crippen LogP contribution in [0.3, 0.4) is 0 Å². The first kappa shape index (κ1) is 17.2. The van der Waals surface area contributed by atoms with Crippen molar-refractivity contribution in [1.82, 2.24) is 0 Å². The van der Waals surface area contributed by atoms with E-state index in [4.69, 9.17) is 9.47 Å². The zero-order valence-corrected chi connectivity index (χ0v) is 13.1. The van der Waals surface area contributed by atoms with Crippen LogP contribution in [-0.4, -0.2) is 31.2 Å². The number of esters is 1. The second-order valence-corrected chi connectivity index (χ2v) is 4.96. The van der Waals surface area contributed by atoms with Gasteiger partial charge in [-0.1, -0.05) is 13.8 Å². The van der Waals surface area contributed by atoms with E-state index >= 15 is 0 Å². The Morgan fingerprint density at radius 1 is 1.19 bits per heavy atom. The van der Waals surface area contributed by atoms with E-state index in [2.05, 4.69) is 5.32 Å². The lowest BCUT2D eigenvalue weighted by atomic mass is 10.0. The summed E-state index contributed by atoms with van der Waals surface area (Å²) >= 11 is 0. The third-order valence-corrected chi connectivity index (χ3v) is 3.42. The number of carbonyl (C=O) groups is 2. The van der Waals surface area contributed by atoms with Crippen LogP contribution in [0.15, 0.2) is 24.3 Å². The van der Waals surface area contributed by atoms with Crippen molar-refractivity contribution in [1.29, 1.82) is 0 Å². The zero-order valence-electron chi connectivity index (χ0n) is 13.1. The summed E-state index contributed by atoms with van der Waals surface area (Å²) in [5.74, 6) is -0.571. The Hall–Kier alpha value is -1.88. The van der Waals surface area contributed by atoms with E-state index in [-0.39, 0.29) is 11.9 Å². The number of rotatable bonds is 7. The van der Waals surface area contributed by atoms with Gasteiger partial charge in [-0.15, -0.1) is 0 Å². The van der Waals surface area contributed by atoms with Gasteiger partial charge in [0.1, 0.15) is 5.60 Å². The number of anilines is 1. The Morgan fingerprint density at radius 3 is 2.29 bits per heavy atom. The molecule has 1 unspecified atom stereocenters. The monoisotopic (exact) mass is 293 g/mol. The lowest BCUT2D eigenvalue weighted by Gasteiger charge is -2.25. The molecule has 1 atom stereocenters. The Kier molecular flexibility index (Phi) is 6.37. The predicted octanol–water partition coefficient (Wildman–Crippen LogP) is 3.01. The third-order valence-electron chi connectivity index (χ3n) is 3.42. The second-order valence-electron chi connectivity index (χ2n) is 4.96. The van der Waals surface area contributed by atoms with Crippen molar-refractivity contribution >= 4 is 17.6 Å². The minimum Gasteiger partial charge on any atom is -0.462 e. The number of nitrogens with one attached hydrogen (secondary N) is 1. The van der Waals surface area contributed by atoms with Crippen molar-refractivity contribution in [3.63, 3.8) is 0 Å². The molecule has 0 fully saturated rings. The van der Waals surface area contributed by atoms with Crippen molar-refractivity contribution in [2.75, 3.05) is 19.0 Å². The highest BCUT2D eigenvalue weighted by atomic mass is 16.5. The lowest BCUT2D eigenvalue weighted by Crippen LogP contribution is -2.41. The predicted molar refractivity (Wildman–Crippen MR) is 81.4 cm³/mol. The number of methoxy groups -OCH3 is 1. The third kappa shape index (κ3) is 4.56. The van der Waals surface area contributed by atoms with Gasteiger partial charge in [0, 0.05) is 12.8 Å². The van der Waals surface area contributed by atoms with Crippen LogP contribution in [0.25, 0.3) is 0 Å². The van der Waals surface area contributed by atoms with Gasteiger partial charge in [0.2, 0.25) is 0 Å². The molecule has 0 bridgehead atoms. The van der Waals surface area contributed by atoms with Crippen molar-refractivity contribution < 1.29 is 19.1 Å². The van der Waals surface area contributed by atoms with Crippen molar-refractivity contribution in [2.45, 2.75) is 39.2 Å². The van der Waals surface area contributed by atoms with Gasteiger partial charge in [-0.25, -0.2) is 4.79 Å². The van der Waals surface area contributed by atoms with Gasteiger partial charge in [-0.2, -0.15) is 0 Å². The molecule has 0 aliphatic heterocycles. The van der Waals surface area contributed by atoms with Gasteiger partial charge in [0.05, 0.1) is 12.2 Å². The molecule has 0 heterocycles. The number of ether oxygens (including phenoxy) is 2. The molecule has 0 spiro atoms. The molecule has 1 rings (SSSR count). The Balaban J connectivity index is 2.71. The van der Waals surface area contributed by atoms with Gasteiger partial charge in [-0.05, 0) is 44.0 Å². The fourth-order valence-corrected chi connectivity index (χ4v) is 1.63. The van der Waals surface area contributed by atoms with Crippen LogP contribution in [0.4, 0.5) is 5.69 Å². The first-order chi connectivity index (χ1) is 9.96. The average molecular weight is 293 g/mol. The van der Waals surface area contributed by atoms with Crippen molar-refractivity contribution in [3.8, 4) is 0 Å². The van der Waals surface area contributed by atoms with Crippen LogP contribution in [0.1, 0.15) is 44.0 Å². The summed E-state index contributed by atoms with van der Waals surface area (Å²) in [6.45, 7) is 5.96. The van der Waals surface area contributed by atoms with Crippen LogP contribution < -0.4 is 5.32 Å². The number of amides is 1. The average Bonchev–Trinajstić information content (AvgIpc) is 2.52. The van der Waals surface area contributed by atoms with Crippen molar-refractivity contribution in [2.24, 2.45) is 0 Å². The smallest absolute Gasteiger partial charge is 0.338 e. The summed E-state index contributed by atoms with van der Waals surface area (Å²) in [7, 11) is 1.51. The van der Waals surface area contributed by atoms with Gasteiger partial charge in [-0.3, -0.25) is 4.79 Å². The minimum atomic E-state index is -0.862. The Labute approximate surface area is 125 Å². The number of hydrogen-bond acceptors (Lipinski definition) is 4. The number of benzene rings is 1. The van der Waals surface area contributed by atoms with E-state index in [1.54, 1.807) is 31.2 Å². The van der Waals surface area contributed by atoms with Crippen molar-refractivity contribution in [3.05, 3.63) is 29.8 Å². The largest absolute Gasteiger partial charge is 0.462 e. The maximum absolute atomic E-state index is 12.1. The van der Waals surface area contributed by atoms with E-state index in [1.807, 2.05) is 13.8 Å². The molecule has 1 aromatic rings. The molecule has 116 valence electrons. The summed E-state index contributed by atoms with van der Waals surface area (Å²) in [5.41, 5.74) is 0.217. The standard InChI is InChI=1S/C16H23NO4/c1-5-11-21-14(18)12-7-9-13(10-8-12)17-15(19)16(3,6-2)20-4/h7-10H,5-6,11H2,1-4H3,(H,17,19). The van der Waals surface area contributed by atoms with Crippen LogP contribution in [-0.2, 0) is 14.3 Å². The Bertz CT molecular complexity index is 478. The summed E-state index contributed by atoms with van der Waals surface area (Å²) in [5, 5.41) is 2.78. The molecule has 0 saturated heterocycles. The van der Waals surface area contributed by atoms with Crippen LogP contribution in [0, 0.1) is 0 Å².